The molecule has 0 atom stereocenters. The Morgan fingerprint density at radius 1 is 1.28 bits per heavy atom. The van der Waals surface area contributed by atoms with Crippen LogP contribution in [0.1, 0.15) is 5.56 Å². The second kappa shape index (κ2) is 4.60. The summed E-state index contributed by atoms with van der Waals surface area (Å²) in [5.74, 6) is -1.23. The van der Waals surface area contributed by atoms with Gasteiger partial charge in [-0.25, -0.2) is 4.79 Å². The number of nitriles is 1. The van der Waals surface area contributed by atoms with Crippen molar-refractivity contribution in [1.29, 1.82) is 5.26 Å². The number of fused-ring (bicyclic) bond motifs is 1. The van der Waals surface area contributed by atoms with Gasteiger partial charge in [-0.1, -0.05) is 24.3 Å². The van der Waals surface area contributed by atoms with Gasteiger partial charge in [-0.2, -0.15) is 5.26 Å². The van der Waals surface area contributed by atoms with Crippen molar-refractivity contribution in [3.05, 3.63) is 47.5 Å². The van der Waals surface area contributed by atoms with Crippen LogP contribution in [0.5, 0.6) is 5.75 Å². The molecule has 0 unspecified atom stereocenters. The lowest BCUT2D eigenvalue weighted by molar-refractivity contribution is -0.132. The third kappa shape index (κ3) is 2.15. The van der Waals surface area contributed by atoms with Gasteiger partial charge in [0.1, 0.15) is 17.4 Å². The number of carbonyl (C=O) groups is 1. The predicted octanol–water partition coefficient (Wildman–Crippen LogP) is 2.54. The van der Waals surface area contributed by atoms with Gasteiger partial charge < -0.3 is 10.2 Å². The van der Waals surface area contributed by atoms with E-state index >= 15 is 0 Å². The molecule has 4 heteroatoms. The van der Waals surface area contributed by atoms with Crippen LogP contribution >= 0.6 is 0 Å². The second-order valence-corrected chi connectivity index (χ2v) is 3.74. The predicted molar refractivity (Wildman–Crippen MR) is 66.8 cm³/mol. The van der Waals surface area contributed by atoms with Crippen molar-refractivity contribution in [3.8, 4) is 11.8 Å². The van der Waals surface area contributed by atoms with Gasteiger partial charge in [-0.3, -0.25) is 0 Å². The topological polar surface area (TPSA) is 81.3 Å². The molecule has 4 nitrogen and oxygen atoms in total. The molecule has 0 aliphatic carbocycles. The average Bonchev–Trinajstić information content (AvgIpc) is 2.35. The first-order valence-electron chi connectivity index (χ1n) is 5.18. The number of hydrogen-bond acceptors (Lipinski definition) is 3. The van der Waals surface area contributed by atoms with E-state index in [0.717, 1.165) is 5.39 Å². The molecule has 0 aliphatic rings. The maximum Gasteiger partial charge on any atom is 0.346 e. The molecule has 0 fully saturated rings. The van der Waals surface area contributed by atoms with Crippen LogP contribution < -0.4 is 0 Å². The van der Waals surface area contributed by atoms with Gasteiger partial charge in [0.25, 0.3) is 0 Å². The molecule has 88 valence electrons. The number of benzene rings is 2. The molecule has 0 aliphatic heterocycles. The number of carboxylic acid groups (broad SMARTS) is 1. The summed E-state index contributed by atoms with van der Waals surface area (Å²) in [6, 6.07) is 11.9. The lowest BCUT2D eigenvalue weighted by Gasteiger charge is -2.03. The fraction of sp³-hybridized carbons (Fsp3) is 0. The SMILES string of the molecule is N#C/C(=C/c1cc(O)c2ccccc2c1)C(=O)O. The van der Waals surface area contributed by atoms with Crippen LogP contribution in [0.4, 0.5) is 0 Å². The molecule has 0 amide bonds. The van der Waals surface area contributed by atoms with E-state index in [2.05, 4.69) is 0 Å². The fourth-order valence-corrected chi connectivity index (χ4v) is 1.70. The number of hydrogen-bond donors (Lipinski definition) is 2. The molecule has 0 radical (unpaired) electrons. The molecule has 0 bridgehead atoms. The zero-order chi connectivity index (χ0) is 13.1. The van der Waals surface area contributed by atoms with E-state index in [1.165, 1.54) is 12.1 Å². The van der Waals surface area contributed by atoms with E-state index < -0.39 is 5.97 Å². The lowest BCUT2D eigenvalue weighted by Crippen LogP contribution is -1.97. The monoisotopic (exact) mass is 239 g/mol. The number of aromatic hydroxyl groups is 1. The van der Waals surface area contributed by atoms with E-state index in [4.69, 9.17) is 10.4 Å². The van der Waals surface area contributed by atoms with Crippen LogP contribution in [-0.2, 0) is 4.79 Å². The third-order valence-corrected chi connectivity index (χ3v) is 2.52. The second-order valence-electron chi connectivity index (χ2n) is 3.74. The summed E-state index contributed by atoms with van der Waals surface area (Å²) in [6.45, 7) is 0. The molecule has 0 saturated carbocycles. The fourth-order valence-electron chi connectivity index (χ4n) is 1.70. The number of nitrogens with zero attached hydrogens (tertiary/aromatic N) is 1. The zero-order valence-electron chi connectivity index (χ0n) is 9.29. The Hall–Kier alpha value is -2.80. The third-order valence-electron chi connectivity index (χ3n) is 2.52. The first kappa shape index (κ1) is 11.7. The minimum absolute atomic E-state index is 0.0574. The quantitative estimate of drug-likeness (QED) is 0.623. The molecule has 2 N–H and O–H groups in total. The minimum atomic E-state index is -1.29. The normalized spacial score (nSPS) is 11.2. The molecule has 18 heavy (non-hydrogen) atoms. The molecule has 2 rings (SSSR count). The standard InChI is InChI=1S/C14H9NO3/c15-8-11(14(17)18)6-9-5-10-3-1-2-4-12(10)13(16)7-9/h1-7,16H,(H,17,18)/b11-6-. The molecule has 0 spiro atoms. The van der Waals surface area contributed by atoms with Crippen molar-refractivity contribution < 1.29 is 15.0 Å². The molecular formula is C14H9NO3. The summed E-state index contributed by atoms with van der Waals surface area (Å²) >= 11 is 0. The van der Waals surface area contributed by atoms with Gasteiger partial charge >= 0.3 is 5.97 Å². The van der Waals surface area contributed by atoms with Crippen LogP contribution in [0.2, 0.25) is 0 Å². The molecule has 0 aromatic heterocycles. The molecular weight excluding hydrogens is 230 g/mol. The zero-order valence-corrected chi connectivity index (χ0v) is 9.29. The number of carboxylic acids is 1. The highest BCUT2D eigenvalue weighted by atomic mass is 16.4. The first-order valence-corrected chi connectivity index (χ1v) is 5.18. The molecule has 0 saturated heterocycles. The van der Waals surface area contributed by atoms with Gasteiger partial charge in [0.2, 0.25) is 0 Å². The van der Waals surface area contributed by atoms with E-state index in [0.29, 0.717) is 10.9 Å². The summed E-state index contributed by atoms with van der Waals surface area (Å²) in [7, 11) is 0. The van der Waals surface area contributed by atoms with Crippen LogP contribution in [-0.4, -0.2) is 16.2 Å². The van der Waals surface area contributed by atoms with E-state index in [-0.39, 0.29) is 11.3 Å². The van der Waals surface area contributed by atoms with Gasteiger partial charge in [0, 0.05) is 5.39 Å². The van der Waals surface area contributed by atoms with Gasteiger partial charge in [-0.15, -0.1) is 0 Å². The summed E-state index contributed by atoms with van der Waals surface area (Å²) in [5, 5.41) is 28.7. The van der Waals surface area contributed by atoms with Gasteiger partial charge in [-0.05, 0) is 29.2 Å². The Bertz CT molecular complexity index is 696. The highest BCUT2D eigenvalue weighted by Gasteiger charge is 2.07. The Kier molecular flexibility index (Phi) is 2.98. The Morgan fingerprint density at radius 2 is 2.00 bits per heavy atom. The summed E-state index contributed by atoms with van der Waals surface area (Å²) in [4.78, 5) is 10.7. The number of phenolic OH excluding ortho intramolecular Hbond substituents is 1. The van der Waals surface area contributed by atoms with E-state index in [1.807, 2.05) is 6.07 Å². The summed E-state index contributed by atoms with van der Waals surface area (Å²) in [6.07, 6.45) is 1.23. The van der Waals surface area contributed by atoms with Crippen molar-refractivity contribution in [2.45, 2.75) is 0 Å². The van der Waals surface area contributed by atoms with Gasteiger partial charge in [0.05, 0.1) is 0 Å². The van der Waals surface area contributed by atoms with E-state index in [9.17, 15) is 9.90 Å². The smallest absolute Gasteiger partial charge is 0.346 e. The largest absolute Gasteiger partial charge is 0.507 e. The maximum absolute atomic E-state index is 10.7. The van der Waals surface area contributed by atoms with Crippen molar-refractivity contribution >= 4 is 22.8 Å². The Morgan fingerprint density at radius 3 is 2.67 bits per heavy atom. The highest BCUT2D eigenvalue weighted by molar-refractivity contribution is 5.98. The van der Waals surface area contributed by atoms with Crippen molar-refractivity contribution in [2.24, 2.45) is 0 Å². The van der Waals surface area contributed by atoms with Crippen LogP contribution in [0.15, 0.2) is 42.0 Å². The molecule has 2 aromatic rings. The average molecular weight is 239 g/mol. The van der Waals surface area contributed by atoms with Crippen LogP contribution in [0.3, 0.4) is 0 Å². The number of aliphatic carboxylic acids is 1. The van der Waals surface area contributed by atoms with E-state index in [1.54, 1.807) is 30.3 Å². The highest BCUT2D eigenvalue weighted by Crippen LogP contribution is 2.27. The maximum atomic E-state index is 10.7. The first-order chi connectivity index (χ1) is 8.61. The van der Waals surface area contributed by atoms with Crippen molar-refractivity contribution in [2.75, 3.05) is 0 Å². The summed E-state index contributed by atoms with van der Waals surface area (Å²) < 4.78 is 0. The van der Waals surface area contributed by atoms with Crippen LogP contribution in [0.25, 0.3) is 16.8 Å². The molecule has 2 aromatic carbocycles. The Labute approximate surface area is 103 Å². The minimum Gasteiger partial charge on any atom is -0.507 e. The lowest BCUT2D eigenvalue weighted by atomic mass is 10.0. The van der Waals surface area contributed by atoms with Gasteiger partial charge in [0.15, 0.2) is 0 Å². The molecule has 0 heterocycles. The number of phenols is 1. The Balaban J connectivity index is 2.61. The number of rotatable bonds is 2. The van der Waals surface area contributed by atoms with Crippen molar-refractivity contribution in [3.63, 3.8) is 0 Å². The summed E-state index contributed by atoms with van der Waals surface area (Å²) in [5.41, 5.74) is 0.106. The van der Waals surface area contributed by atoms with Crippen molar-refractivity contribution in [1.82, 2.24) is 0 Å². The van der Waals surface area contributed by atoms with Crippen LogP contribution in [0, 0.1) is 11.3 Å².